The van der Waals surface area contributed by atoms with Crippen LogP contribution < -0.4 is 11.5 Å². The Balaban J connectivity index is 2.12. The van der Waals surface area contributed by atoms with Crippen LogP contribution in [-0.2, 0) is 18.9 Å². The van der Waals surface area contributed by atoms with Crippen molar-refractivity contribution in [2.75, 3.05) is 20.3 Å². The first kappa shape index (κ1) is 19.9. The zero-order valence-electron chi connectivity index (χ0n) is 13.2. The van der Waals surface area contributed by atoms with E-state index in [0.717, 1.165) is 0 Å². The summed E-state index contributed by atoms with van der Waals surface area (Å²) in [6, 6.07) is -1.13. The van der Waals surface area contributed by atoms with E-state index in [-0.39, 0.29) is 6.54 Å². The summed E-state index contributed by atoms with van der Waals surface area (Å²) < 4.78 is 21.2. The van der Waals surface area contributed by atoms with Crippen molar-refractivity contribution in [1.82, 2.24) is 0 Å². The number of rotatable bonds is 5. The molecule has 0 unspecified atom stereocenters. The van der Waals surface area contributed by atoms with Crippen LogP contribution in [0.5, 0.6) is 0 Å². The van der Waals surface area contributed by atoms with E-state index in [0.29, 0.717) is 0 Å². The van der Waals surface area contributed by atoms with E-state index in [1.165, 1.54) is 7.11 Å². The monoisotopic (exact) mass is 354 g/mol. The topological polar surface area (TPSA) is 190 Å². The van der Waals surface area contributed by atoms with Crippen LogP contribution in [0.4, 0.5) is 0 Å². The van der Waals surface area contributed by atoms with Gasteiger partial charge >= 0.3 is 0 Å². The lowest BCUT2D eigenvalue weighted by Gasteiger charge is -2.46. The molecule has 0 bridgehead atoms. The van der Waals surface area contributed by atoms with Crippen LogP contribution in [0.2, 0.25) is 0 Å². The maximum absolute atomic E-state index is 10.2. The average Bonchev–Trinajstić information content (AvgIpc) is 2.59. The Hall–Kier alpha value is -0.440. The first-order valence-electron chi connectivity index (χ1n) is 7.63. The van der Waals surface area contributed by atoms with Crippen LogP contribution >= 0.6 is 0 Å². The maximum atomic E-state index is 10.2. The van der Waals surface area contributed by atoms with E-state index in [9.17, 15) is 25.5 Å². The fraction of sp³-hybridized carbons (Fsp3) is 1.00. The van der Waals surface area contributed by atoms with Crippen molar-refractivity contribution in [3.63, 3.8) is 0 Å². The van der Waals surface area contributed by atoms with E-state index >= 15 is 0 Å². The number of nitrogens with two attached hydrogens (primary N) is 2. The van der Waals surface area contributed by atoms with Gasteiger partial charge in [0.1, 0.15) is 42.7 Å². The molecule has 11 nitrogen and oxygen atoms in total. The minimum Gasteiger partial charge on any atom is -0.394 e. The van der Waals surface area contributed by atoms with E-state index in [2.05, 4.69) is 0 Å². The summed E-state index contributed by atoms with van der Waals surface area (Å²) in [6.45, 7) is -0.617. The summed E-state index contributed by atoms with van der Waals surface area (Å²) in [5, 5.41) is 49.4. The van der Waals surface area contributed by atoms with Gasteiger partial charge in [0.15, 0.2) is 12.6 Å². The van der Waals surface area contributed by atoms with Gasteiger partial charge in [-0.05, 0) is 0 Å². The van der Waals surface area contributed by atoms with Crippen LogP contribution in [0.15, 0.2) is 0 Å². The number of aliphatic hydroxyl groups is 5. The minimum atomic E-state index is -1.46. The predicted molar refractivity (Wildman–Crippen MR) is 77.3 cm³/mol. The summed E-state index contributed by atoms with van der Waals surface area (Å²) >= 11 is 0. The third-order valence-electron chi connectivity index (χ3n) is 4.32. The third kappa shape index (κ3) is 3.71. The van der Waals surface area contributed by atoms with Crippen LogP contribution in [0.1, 0.15) is 0 Å². The minimum absolute atomic E-state index is 0.0909. The van der Waals surface area contributed by atoms with E-state index in [1.807, 2.05) is 0 Å². The third-order valence-corrected chi connectivity index (χ3v) is 4.32. The first-order chi connectivity index (χ1) is 11.3. The van der Waals surface area contributed by atoms with Crippen molar-refractivity contribution in [3.8, 4) is 0 Å². The van der Waals surface area contributed by atoms with Gasteiger partial charge in [-0.2, -0.15) is 0 Å². The average molecular weight is 354 g/mol. The molecule has 11 heteroatoms. The maximum Gasteiger partial charge on any atom is 0.186 e. The standard InChI is InChI=1S/C13H26N2O9/c1-21-13-10(20)9(19)11(5(3-16)23-13)24-12-6(15)8(18)7(17)4(2-14)22-12/h4-13,16-20H,2-3,14-15H2,1H3/t4-,5-,6-,7-,8-,9-,10-,11-,12-,13+/m1/s1. The highest BCUT2D eigenvalue weighted by molar-refractivity contribution is 4.95. The predicted octanol–water partition coefficient (Wildman–Crippen LogP) is -4.81. The molecule has 2 heterocycles. The summed E-state index contributed by atoms with van der Waals surface area (Å²) in [6.07, 6.45) is -11.0. The Kier molecular flexibility index (Phi) is 6.87. The summed E-state index contributed by atoms with van der Waals surface area (Å²) in [5.74, 6) is 0. The van der Waals surface area contributed by atoms with E-state index < -0.39 is 68.0 Å². The van der Waals surface area contributed by atoms with Crippen LogP contribution in [0.3, 0.4) is 0 Å². The summed E-state index contributed by atoms with van der Waals surface area (Å²) in [7, 11) is 1.28. The highest BCUT2D eigenvalue weighted by Crippen LogP contribution is 2.28. The lowest BCUT2D eigenvalue weighted by molar-refractivity contribution is -0.340. The normalized spacial score (nSPS) is 50.0. The SMILES string of the molecule is CO[C@H]1O[C@H](CO)[C@@H](O[C@H]2O[C@H](CN)[C@@H](O)[C@H](O)[C@H]2N)[C@H](O)[C@H]1O. The molecule has 2 rings (SSSR count). The molecule has 0 saturated carbocycles. The lowest BCUT2D eigenvalue weighted by atomic mass is 9.96. The molecule has 2 saturated heterocycles. The first-order valence-corrected chi connectivity index (χ1v) is 7.63. The Morgan fingerprint density at radius 1 is 0.917 bits per heavy atom. The molecule has 24 heavy (non-hydrogen) atoms. The van der Waals surface area contributed by atoms with Crippen molar-refractivity contribution in [2.45, 2.75) is 61.3 Å². The molecular weight excluding hydrogens is 328 g/mol. The van der Waals surface area contributed by atoms with Gasteiger partial charge in [0.25, 0.3) is 0 Å². The molecule has 2 aliphatic rings. The zero-order valence-corrected chi connectivity index (χ0v) is 13.2. The molecule has 2 aliphatic heterocycles. The highest BCUT2D eigenvalue weighted by atomic mass is 16.7. The number of aliphatic hydroxyl groups excluding tert-OH is 5. The quantitative estimate of drug-likeness (QED) is 0.251. The molecule has 0 aromatic rings. The van der Waals surface area contributed by atoms with Gasteiger partial charge in [-0.25, -0.2) is 0 Å². The second kappa shape index (κ2) is 8.29. The number of hydrogen-bond donors (Lipinski definition) is 7. The fourth-order valence-corrected chi connectivity index (χ4v) is 2.84. The molecule has 2 fully saturated rings. The summed E-state index contributed by atoms with van der Waals surface area (Å²) in [4.78, 5) is 0. The van der Waals surface area contributed by atoms with Crippen molar-refractivity contribution in [2.24, 2.45) is 11.5 Å². The molecule has 0 aromatic carbocycles. The number of ether oxygens (including phenoxy) is 4. The van der Waals surface area contributed by atoms with Gasteiger partial charge in [-0.1, -0.05) is 0 Å². The van der Waals surface area contributed by atoms with Gasteiger partial charge in [0.05, 0.1) is 12.6 Å². The van der Waals surface area contributed by atoms with Crippen molar-refractivity contribution < 1.29 is 44.5 Å². The fourth-order valence-electron chi connectivity index (χ4n) is 2.84. The van der Waals surface area contributed by atoms with Crippen molar-refractivity contribution in [3.05, 3.63) is 0 Å². The molecule has 10 atom stereocenters. The molecule has 0 aromatic heterocycles. The van der Waals surface area contributed by atoms with Crippen LogP contribution in [0.25, 0.3) is 0 Å². The van der Waals surface area contributed by atoms with Gasteiger partial charge < -0.3 is 55.9 Å². The van der Waals surface area contributed by atoms with Crippen molar-refractivity contribution in [1.29, 1.82) is 0 Å². The van der Waals surface area contributed by atoms with Crippen LogP contribution in [-0.4, -0.2) is 107 Å². The zero-order chi connectivity index (χ0) is 18.0. The Bertz CT molecular complexity index is 400. The second-order valence-electron chi connectivity index (χ2n) is 5.88. The van der Waals surface area contributed by atoms with Gasteiger partial charge in [-0.15, -0.1) is 0 Å². The van der Waals surface area contributed by atoms with Gasteiger partial charge in [0.2, 0.25) is 0 Å². The summed E-state index contributed by atoms with van der Waals surface area (Å²) in [5.41, 5.74) is 11.3. The molecular formula is C13H26N2O9. The highest BCUT2D eigenvalue weighted by Gasteiger charge is 2.49. The molecule has 0 spiro atoms. The number of methoxy groups -OCH3 is 1. The second-order valence-corrected chi connectivity index (χ2v) is 5.88. The van der Waals surface area contributed by atoms with Gasteiger partial charge in [-0.3, -0.25) is 0 Å². The molecule has 0 aliphatic carbocycles. The molecule has 9 N–H and O–H groups in total. The molecule has 142 valence electrons. The smallest absolute Gasteiger partial charge is 0.186 e. The van der Waals surface area contributed by atoms with Gasteiger partial charge in [0, 0.05) is 13.7 Å². The Labute approximate surface area is 138 Å². The molecule has 0 amide bonds. The van der Waals surface area contributed by atoms with Crippen LogP contribution in [0, 0.1) is 0 Å². The Morgan fingerprint density at radius 3 is 2.08 bits per heavy atom. The Morgan fingerprint density at radius 2 is 1.54 bits per heavy atom. The largest absolute Gasteiger partial charge is 0.394 e. The van der Waals surface area contributed by atoms with E-state index in [1.54, 1.807) is 0 Å². The molecule has 0 radical (unpaired) electrons. The lowest BCUT2D eigenvalue weighted by Crippen LogP contribution is -2.66. The van der Waals surface area contributed by atoms with E-state index in [4.69, 9.17) is 30.4 Å². The number of hydrogen-bond acceptors (Lipinski definition) is 11. The van der Waals surface area contributed by atoms with Crippen molar-refractivity contribution >= 4 is 0 Å².